The van der Waals surface area contributed by atoms with E-state index < -0.39 is 16.1 Å². The molecular weight excluding hydrogens is 426 g/mol. The summed E-state index contributed by atoms with van der Waals surface area (Å²) in [6.07, 6.45) is 1.52. The Kier molecular flexibility index (Phi) is 8.25. The van der Waals surface area contributed by atoms with Crippen LogP contribution in [0.1, 0.15) is 36.2 Å². The van der Waals surface area contributed by atoms with E-state index in [-0.39, 0.29) is 24.3 Å². The molecule has 30 heavy (non-hydrogen) atoms. The van der Waals surface area contributed by atoms with Crippen LogP contribution in [0, 0.1) is 5.92 Å². The van der Waals surface area contributed by atoms with Gasteiger partial charge in [-0.05, 0) is 48.2 Å². The van der Waals surface area contributed by atoms with E-state index in [4.69, 9.17) is 11.6 Å². The Morgan fingerprint density at radius 2 is 1.67 bits per heavy atom. The van der Waals surface area contributed by atoms with E-state index >= 15 is 0 Å². The second kappa shape index (κ2) is 10.4. The van der Waals surface area contributed by atoms with Crippen LogP contribution >= 0.6 is 11.6 Å². The minimum Gasteiger partial charge on any atom is -0.350 e. The number of carbonyl (C=O) groups is 2. The molecule has 1 unspecified atom stereocenters. The lowest BCUT2D eigenvalue weighted by atomic mass is 10.0. The fourth-order valence-electron chi connectivity index (χ4n) is 2.83. The maximum Gasteiger partial charge on any atom is 0.251 e. The Balaban J connectivity index is 2.09. The van der Waals surface area contributed by atoms with E-state index in [1.165, 1.54) is 0 Å². The third kappa shape index (κ3) is 7.68. The van der Waals surface area contributed by atoms with Gasteiger partial charge >= 0.3 is 0 Å². The number of hydrogen-bond donors (Lipinski definition) is 3. The molecule has 0 bridgehead atoms. The van der Waals surface area contributed by atoms with E-state index in [1.54, 1.807) is 48.5 Å². The predicted octanol–water partition coefficient (Wildman–Crippen LogP) is 3.17. The molecule has 9 heteroatoms. The molecule has 0 heterocycles. The summed E-state index contributed by atoms with van der Waals surface area (Å²) in [6, 6.07) is 12.5. The maximum absolute atomic E-state index is 12.8. The monoisotopic (exact) mass is 451 g/mol. The van der Waals surface area contributed by atoms with Crippen LogP contribution in [0.5, 0.6) is 0 Å². The molecule has 3 N–H and O–H groups in total. The van der Waals surface area contributed by atoms with Crippen LogP contribution in [0.4, 0.5) is 5.69 Å². The summed E-state index contributed by atoms with van der Waals surface area (Å²) < 4.78 is 25.5. The van der Waals surface area contributed by atoms with Gasteiger partial charge in [-0.3, -0.25) is 14.3 Å². The van der Waals surface area contributed by atoms with Gasteiger partial charge in [-0.1, -0.05) is 43.6 Å². The number of hydrogen-bond acceptors (Lipinski definition) is 4. The summed E-state index contributed by atoms with van der Waals surface area (Å²) in [5.41, 5.74) is 1.41. The molecule has 0 aliphatic rings. The largest absolute Gasteiger partial charge is 0.350 e. The fourth-order valence-corrected chi connectivity index (χ4v) is 3.55. The number of halogens is 1. The molecule has 0 aliphatic carbocycles. The number of sulfonamides is 1. The van der Waals surface area contributed by atoms with Gasteiger partial charge in [0, 0.05) is 17.1 Å². The summed E-state index contributed by atoms with van der Waals surface area (Å²) >= 11 is 5.86. The molecule has 0 saturated heterocycles. The Hall–Kier alpha value is -2.58. The summed E-state index contributed by atoms with van der Waals surface area (Å²) in [5, 5.41) is 6.07. The first-order chi connectivity index (χ1) is 14.0. The highest BCUT2D eigenvalue weighted by molar-refractivity contribution is 7.92. The zero-order valence-corrected chi connectivity index (χ0v) is 18.7. The molecular formula is C21H26ClN3O4S. The van der Waals surface area contributed by atoms with Crippen molar-refractivity contribution in [3.63, 3.8) is 0 Å². The number of amides is 2. The summed E-state index contributed by atoms with van der Waals surface area (Å²) in [7, 11) is -3.45. The first-order valence-electron chi connectivity index (χ1n) is 9.45. The number of rotatable bonds is 9. The standard InChI is InChI=1S/C21H26ClN3O4S/c1-14(2)12-19(24-20(26)15-8-10-17(22)11-9-15)21(27)23-13-16-6-4-5-7-18(16)25-30(3,28)29/h4-11,14,19,25H,12-13H2,1-3H3,(H,23,27)(H,24,26). The SMILES string of the molecule is CC(C)CC(NC(=O)c1ccc(Cl)cc1)C(=O)NCc1ccccc1NS(C)(=O)=O. The van der Waals surface area contributed by atoms with E-state index in [0.29, 0.717) is 28.3 Å². The van der Waals surface area contributed by atoms with Crippen molar-refractivity contribution >= 4 is 39.1 Å². The average Bonchev–Trinajstić information content (AvgIpc) is 2.65. The third-order valence-corrected chi connectivity index (χ3v) is 5.04. The van der Waals surface area contributed by atoms with E-state index in [1.807, 2.05) is 13.8 Å². The Morgan fingerprint density at radius 1 is 1.03 bits per heavy atom. The molecule has 0 spiro atoms. The van der Waals surface area contributed by atoms with Crippen molar-refractivity contribution in [3.05, 3.63) is 64.7 Å². The van der Waals surface area contributed by atoms with Gasteiger partial charge < -0.3 is 10.6 Å². The zero-order chi connectivity index (χ0) is 22.3. The van der Waals surface area contributed by atoms with Gasteiger partial charge in [0.25, 0.3) is 5.91 Å². The molecule has 2 rings (SSSR count). The van der Waals surface area contributed by atoms with E-state index in [0.717, 1.165) is 6.26 Å². The quantitative estimate of drug-likeness (QED) is 0.544. The van der Waals surface area contributed by atoms with Gasteiger partial charge in [0.15, 0.2) is 0 Å². The highest BCUT2D eigenvalue weighted by atomic mass is 35.5. The minimum absolute atomic E-state index is 0.114. The van der Waals surface area contributed by atoms with Gasteiger partial charge in [-0.15, -0.1) is 0 Å². The summed E-state index contributed by atoms with van der Waals surface area (Å²) in [5.74, 6) is -0.544. The second-order valence-corrected chi connectivity index (χ2v) is 9.60. The topological polar surface area (TPSA) is 104 Å². The number of para-hydroxylation sites is 1. The Labute approximate surface area is 182 Å². The molecule has 162 valence electrons. The van der Waals surface area contributed by atoms with Crippen LogP contribution in [-0.4, -0.2) is 32.5 Å². The molecule has 0 saturated carbocycles. The summed E-state index contributed by atoms with van der Waals surface area (Å²) in [6.45, 7) is 4.03. The average molecular weight is 452 g/mol. The smallest absolute Gasteiger partial charge is 0.251 e. The number of carbonyl (C=O) groups excluding carboxylic acids is 2. The normalized spacial score (nSPS) is 12.3. The van der Waals surface area contributed by atoms with Crippen molar-refractivity contribution in [2.75, 3.05) is 11.0 Å². The van der Waals surface area contributed by atoms with Crippen molar-refractivity contribution in [3.8, 4) is 0 Å². The van der Waals surface area contributed by atoms with Crippen LogP contribution in [0.15, 0.2) is 48.5 Å². The first-order valence-corrected chi connectivity index (χ1v) is 11.7. The van der Waals surface area contributed by atoms with E-state index in [9.17, 15) is 18.0 Å². The molecule has 0 fully saturated rings. The van der Waals surface area contributed by atoms with Gasteiger partial charge in [-0.2, -0.15) is 0 Å². The maximum atomic E-state index is 12.8. The lowest BCUT2D eigenvalue weighted by Gasteiger charge is -2.21. The van der Waals surface area contributed by atoms with Crippen LogP contribution in [0.2, 0.25) is 5.02 Å². The van der Waals surface area contributed by atoms with Gasteiger partial charge in [-0.25, -0.2) is 8.42 Å². The van der Waals surface area contributed by atoms with Crippen LogP contribution in [-0.2, 0) is 21.4 Å². The number of anilines is 1. The minimum atomic E-state index is -3.45. The lowest BCUT2D eigenvalue weighted by molar-refractivity contribution is -0.123. The summed E-state index contributed by atoms with van der Waals surface area (Å²) in [4.78, 5) is 25.3. The molecule has 0 aromatic heterocycles. The number of benzene rings is 2. The van der Waals surface area contributed by atoms with Gasteiger partial charge in [0.1, 0.15) is 6.04 Å². The molecule has 7 nitrogen and oxygen atoms in total. The van der Waals surface area contributed by atoms with Crippen molar-refractivity contribution in [2.45, 2.75) is 32.9 Å². The van der Waals surface area contributed by atoms with E-state index in [2.05, 4.69) is 15.4 Å². The molecule has 2 aromatic rings. The van der Waals surface area contributed by atoms with Crippen molar-refractivity contribution in [1.29, 1.82) is 0 Å². The third-order valence-electron chi connectivity index (χ3n) is 4.20. The lowest BCUT2D eigenvalue weighted by Crippen LogP contribution is -2.47. The molecule has 0 radical (unpaired) electrons. The second-order valence-electron chi connectivity index (χ2n) is 7.41. The van der Waals surface area contributed by atoms with Crippen molar-refractivity contribution in [2.24, 2.45) is 5.92 Å². The molecule has 0 aliphatic heterocycles. The van der Waals surface area contributed by atoms with Crippen molar-refractivity contribution in [1.82, 2.24) is 10.6 Å². The highest BCUT2D eigenvalue weighted by Crippen LogP contribution is 2.16. The van der Waals surface area contributed by atoms with Crippen LogP contribution in [0.25, 0.3) is 0 Å². The van der Waals surface area contributed by atoms with Crippen LogP contribution < -0.4 is 15.4 Å². The highest BCUT2D eigenvalue weighted by Gasteiger charge is 2.22. The Bertz CT molecular complexity index is 992. The predicted molar refractivity (Wildman–Crippen MR) is 119 cm³/mol. The Morgan fingerprint density at radius 3 is 2.27 bits per heavy atom. The first kappa shape index (κ1) is 23.7. The molecule has 2 aromatic carbocycles. The number of nitrogens with one attached hydrogen (secondary N) is 3. The van der Waals surface area contributed by atoms with Crippen molar-refractivity contribution < 1.29 is 18.0 Å². The molecule has 2 amide bonds. The fraction of sp³-hybridized carbons (Fsp3) is 0.333. The van der Waals surface area contributed by atoms with Crippen LogP contribution in [0.3, 0.4) is 0 Å². The van der Waals surface area contributed by atoms with Gasteiger partial charge in [0.2, 0.25) is 15.9 Å². The van der Waals surface area contributed by atoms with Gasteiger partial charge in [0.05, 0.1) is 11.9 Å². The molecule has 1 atom stereocenters. The zero-order valence-electron chi connectivity index (χ0n) is 17.1.